The summed E-state index contributed by atoms with van der Waals surface area (Å²) in [5.41, 5.74) is -0.509. The molecule has 1 saturated heterocycles. The first-order valence-corrected chi connectivity index (χ1v) is 26.2. The van der Waals surface area contributed by atoms with Crippen molar-refractivity contribution < 1.29 is 67.4 Å². The first-order chi connectivity index (χ1) is 35.5. The zero-order valence-electron chi connectivity index (χ0n) is 45.5. The van der Waals surface area contributed by atoms with Crippen molar-refractivity contribution in [1.29, 1.82) is 0 Å². The lowest BCUT2D eigenvalue weighted by atomic mass is 9.78. The number of nitrogens with zero attached hydrogens (tertiary/aromatic N) is 2. The lowest BCUT2D eigenvalue weighted by Crippen LogP contribution is -2.50. The van der Waals surface area contributed by atoms with Gasteiger partial charge in [-0.05, 0) is 32.3 Å². The second kappa shape index (κ2) is 24.7. The van der Waals surface area contributed by atoms with Gasteiger partial charge in [-0.3, -0.25) is 29.0 Å². The summed E-state index contributed by atoms with van der Waals surface area (Å²) in [5, 5.41) is 36.0. The third-order valence-electron chi connectivity index (χ3n) is 14.8. The van der Waals surface area contributed by atoms with E-state index in [1.54, 1.807) is 46.8 Å². The van der Waals surface area contributed by atoms with Crippen LogP contribution in [0.1, 0.15) is 127 Å². The van der Waals surface area contributed by atoms with Gasteiger partial charge < -0.3 is 64.8 Å². The summed E-state index contributed by atoms with van der Waals surface area (Å²) >= 11 is 0. The quantitative estimate of drug-likeness (QED) is 0.0834. The van der Waals surface area contributed by atoms with E-state index < -0.39 is 101 Å². The van der Waals surface area contributed by atoms with Crippen LogP contribution in [-0.2, 0) is 38.1 Å². The highest BCUT2D eigenvalue weighted by Crippen LogP contribution is 2.50. The fraction of sp³-hybridized carbons (Fsp3) is 0.618. The Hall–Kier alpha value is -6.09. The molecule has 9 atom stereocenters. The molecule has 0 unspecified atom stereocenters. The summed E-state index contributed by atoms with van der Waals surface area (Å²) < 4.78 is 35.5. The monoisotopic (exact) mass is 1050 g/mol. The number of rotatable bonds is 13. The number of nitrogens with one attached hydrogen (secondary N) is 4. The Bertz CT molecular complexity index is 2510. The number of phenols is 1. The summed E-state index contributed by atoms with van der Waals surface area (Å²) in [6, 6.07) is 0. The second-order valence-electron chi connectivity index (χ2n) is 21.1. The molecule has 2 amide bonds. The van der Waals surface area contributed by atoms with E-state index in [4.69, 9.17) is 33.4 Å². The molecule has 1 fully saturated rings. The molecule has 0 radical (unpaired) electrons. The van der Waals surface area contributed by atoms with E-state index in [-0.39, 0.29) is 70.3 Å². The molecule has 5 bridgehead atoms. The number of benzene rings is 1. The van der Waals surface area contributed by atoms with E-state index in [0.717, 1.165) is 19.4 Å². The first-order valence-electron chi connectivity index (χ1n) is 26.2. The average molecular weight is 1050 g/mol. The largest absolute Gasteiger partial charge is 0.507 e. The molecule has 1 aromatic carbocycles. The van der Waals surface area contributed by atoms with Crippen molar-refractivity contribution in [1.82, 2.24) is 26.2 Å². The smallest absolute Gasteiger partial charge is 0.407 e. The minimum Gasteiger partial charge on any atom is -0.507 e. The lowest BCUT2D eigenvalue weighted by molar-refractivity contribution is -0.165. The summed E-state index contributed by atoms with van der Waals surface area (Å²) in [5.74, 6) is -8.13. The van der Waals surface area contributed by atoms with Gasteiger partial charge in [0.2, 0.25) is 5.78 Å². The molecule has 0 saturated carbocycles. The van der Waals surface area contributed by atoms with Crippen LogP contribution in [0.15, 0.2) is 52.5 Å². The molecular formula is C55H78N6O14. The van der Waals surface area contributed by atoms with Gasteiger partial charge in [0, 0.05) is 107 Å². The van der Waals surface area contributed by atoms with Crippen LogP contribution in [0.5, 0.6) is 11.5 Å². The van der Waals surface area contributed by atoms with Crippen LogP contribution >= 0.6 is 0 Å². The van der Waals surface area contributed by atoms with Crippen LogP contribution in [0.25, 0.3) is 0 Å². The standard InChI is InChI=1S/C55H78N6O14/c1-13-14-25-71-53(69)57-22-21-56-27-38(63)74-48-30(4)16-15-17-31(5)52(68)58-44-43-42(59-55(60-43)19-23-61(24-20-55)28-29(2)3)39-40(47(44)66)46(65)35(9)50-41(39)51(67)54(11,75-50)72-26-18-37(70-12)32(6)49(73-36(10)62)34(8)45(64)33(48)7/h15-18,26,29-30,32-34,37,45,48-49,56,60,64-65H,13-14,19-25,27-28H2,1-12H3,(H,57,69)(H,58,68)/b16-15+,26-18+,31-17-/t30-,32+,33-,34+,37-,45+,48-,49+,54-/m0/s1. The van der Waals surface area contributed by atoms with Crippen molar-refractivity contribution in [3.63, 3.8) is 0 Å². The maximum Gasteiger partial charge on any atom is 0.407 e. The number of aromatic hydroxyl groups is 1. The first kappa shape index (κ1) is 58.2. The molecule has 1 spiro atoms. The number of unbranched alkanes of at least 4 members (excludes halogenated alkanes) is 1. The van der Waals surface area contributed by atoms with Crippen LogP contribution in [0.2, 0.25) is 0 Å². The molecule has 412 valence electrons. The highest BCUT2D eigenvalue weighted by molar-refractivity contribution is 6.34. The predicted octanol–water partition coefficient (Wildman–Crippen LogP) is 5.28. The second-order valence-corrected chi connectivity index (χ2v) is 21.1. The molecule has 7 rings (SSSR count). The number of allylic oxidation sites excluding steroid dienone is 4. The van der Waals surface area contributed by atoms with Crippen LogP contribution in [0.4, 0.5) is 4.79 Å². The summed E-state index contributed by atoms with van der Waals surface area (Å²) in [7, 11) is 1.45. The zero-order valence-corrected chi connectivity index (χ0v) is 45.5. The number of alkyl carbamates (subject to hydrolysis) is 1. The van der Waals surface area contributed by atoms with Crippen molar-refractivity contribution in [3.8, 4) is 11.5 Å². The third-order valence-corrected chi connectivity index (χ3v) is 14.8. The number of phenolic OH excluding ortho intramolecular Hbond substituents is 1. The van der Waals surface area contributed by atoms with Crippen molar-refractivity contribution >= 4 is 41.2 Å². The molecule has 0 aromatic heterocycles. The minimum absolute atomic E-state index is 0.00490. The number of piperidine rings is 1. The molecule has 75 heavy (non-hydrogen) atoms. The van der Waals surface area contributed by atoms with Crippen LogP contribution in [0, 0.1) is 36.5 Å². The molecule has 6 N–H and O–H groups in total. The Kier molecular flexibility index (Phi) is 19.2. The zero-order chi connectivity index (χ0) is 55.1. The highest BCUT2D eigenvalue weighted by atomic mass is 16.7. The minimum atomic E-state index is -2.02. The Morgan fingerprint density at radius 3 is 2.31 bits per heavy atom. The van der Waals surface area contributed by atoms with Crippen LogP contribution in [0.3, 0.4) is 0 Å². The number of ketones is 2. The van der Waals surface area contributed by atoms with Gasteiger partial charge in [0.05, 0.1) is 54.2 Å². The van der Waals surface area contributed by atoms with Gasteiger partial charge >= 0.3 is 23.8 Å². The maximum atomic E-state index is 14.9. The van der Waals surface area contributed by atoms with Gasteiger partial charge in [-0.15, -0.1) is 0 Å². The average Bonchev–Trinajstić information content (AvgIpc) is 3.86. The fourth-order valence-corrected chi connectivity index (χ4v) is 10.5. The summed E-state index contributed by atoms with van der Waals surface area (Å²) in [6.45, 7) is 21.8. The Morgan fingerprint density at radius 2 is 1.65 bits per heavy atom. The van der Waals surface area contributed by atoms with Gasteiger partial charge in [0.15, 0.2) is 0 Å². The lowest BCUT2D eigenvalue weighted by Gasteiger charge is -2.39. The number of aliphatic hydroxyl groups excluding tert-OH is 1. The number of hydrogen-bond acceptors (Lipinski definition) is 18. The van der Waals surface area contributed by atoms with Crippen LogP contribution in [-0.4, -0.2) is 145 Å². The SMILES string of the molecule is CCCCOC(=O)NCCNCC(=O)O[C@@H]1[C@@H](C)[C@@H](O)[C@@H](C)[C@H](OC(C)=O)[C@H](C)[C@@H](OC)/C=C/O[C@@]2(C)Oc3c(C)c(O)c4c(c3C2=O)C2=NC3(CCN(CC(C)C)CC3)NC2=C(NC(=O)/C(C)=C\C=C\[C@@H]1C)C4=O. The number of fused-ring (bicyclic) bond motifs is 13. The number of ether oxygens (including phenoxy) is 6. The number of amides is 2. The predicted molar refractivity (Wildman–Crippen MR) is 278 cm³/mol. The molecule has 20 nitrogen and oxygen atoms in total. The Morgan fingerprint density at radius 1 is 0.960 bits per heavy atom. The van der Waals surface area contributed by atoms with Crippen molar-refractivity contribution in [2.45, 2.75) is 138 Å². The molecular weight excluding hydrogens is 969 g/mol. The number of carbonyl (C=O) groups is 6. The van der Waals surface area contributed by atoms with Crippen molar-refractivity contribution in [3.05, 3.63) is 69.8 Å². The number of hydrogen-bond donors (Lipinski definition) is 6. The number of esters is 2. The van der Waals surface area contributed by atoms with Gasteiger partial charge in [-0.25, -0.2) is 4.79 Å². The number of aliphatic imine (C=N–C) groups is 1. The van der Waals surface area contributed by atoms with E-state index in [0.29, 0.717) is 38.5 Å². The van der Waals surface area contributed by atoms with Crippen LogP contribution < -0.4 is 26.0 Å². The summed E-state index contributed by atoms with van der Waals surface area (Å²) in [4.78, 5) is 89.8. The highest BCUT2D eigenvalue weighted by Gasteiger charge is 2.54. The Balaban J connectivity index is 1.40. The Labute approximate surface area is 440 Å². The van der Waals surface area contributed by atoms with E-state index >= 15 is 0 Å². The summed E-state index contributed by atoms with van der Waals surface area (Å²) in [6.07, 6.45) is 5.75. The number of aliphatic hydroxyl groups is 1. The van der Waals surface area contributed by atoms with E-state index in [1.807, 2.05) is 6.92 Å². The van der Waals surface area contributed by atoms with Gasteiger partial charge in [-0.2, -0.15) is 0 Å². The number of likely N-dealkylation sites (tertiary alicyclic amines) is 1. The van der Waals surface area contributed by atoms with Gasteiger partial charge in [0.25, 0.3) is 11.7 Å². The maximum absolute atomic E-state index is 14.9. The fourth-order valence-electron chi connectivity index (χ4n) is 10.5. The van der Waals surface area contributed by atoms with Crippen molar-refractivity contribution in [2.24, 2.45) is 34.6 Å². The topological polar surface area (TPSA) is 262 Å². The molecule has 1 aromatic rings. The van der Waals surface area contributed by atoms with E-state index in [1.165, 1.54) is 46.3 Å². The number of carbonyl (C=O) groups excluding carboxylic acids is 6. The normalized spacial score (nSPS) is 29.5. The van der Waals surface area contributed by atoms with E-state index in [9.17, 15) is 39.0 Å². The molecule has 5 aliphatic heterocycles. The van der Waals surface area contributed by atoms with Gasteiger partial charge in [-0.1, -0.05) is 73.1 Å². The van der Waals surface area contributed by atoms with E-state index in [2.05, 4.69) is 40.0 Å². The number of Topliss-reactive ketones (excluding diaryl/α,β-unsaturated/α-hetero) is 2. The van der Waals surface area contributed by atoms with Gasteiger partial charge in [0.1, 0.15) is 35.1 Å². The molecule has 20 heteroatoms. The third kappa shape index (κ3) is 13.0. The number of methoxy groups -OCH3 is 1. The molecule has 1 aliphatic carbocycles. The van der Waals surface area contributed by atoms with Crippen molar-refractivity contribution in [2.75, 3.05) is 53.0 Å². The molecule has 6 aliphatic rings. The molecule has 5 heterocycles.